The molecule has 108 valence electrons. The number of benzene rings is 2. The summed E-state index contributed by atoms with van der Waals surface area (Å²) in [5, 5.41) is 12.2. The largest absolute Gasteiger partial charge is 0.508 e. The number of aromatic hydroxyl groups is 1. The van der Waals surface area contributed by atoms with Crippen molar-refractivity contribution in [2.45, 2.75) is 45.4 Å². The smallest absolute Gasteiger partial charge is 0.116 e. The predicted molar refractivity (Wildman–Crippen MR) is 87.8 cm³/mol. The first kappa shape index (κ1) is 12.9. The molecule has 2 atom stereocenters. The van der Waals surface area contributed by atoms with Gasteiger partial charge in [-0.1, -0.05) is 36.8 Å². The fourth-order valence-electron chi connectivity index (χ4n) is 4.82. The molecule has 2 aromatic carbocycles. The molecule has 2 aliphatic carbocycles. The average Bonchev–Trinajstić information content (AvgIpc) is 2.83. The first-order chi connectivity index (χ1) is 10.1. The van der Waals surface area contributed by atoms with Gasteiger partial charge in [-0.15, -0.1) is 0 Å². The molecule has 1 nitrogen and oxygen atoms in total. The highest BCUT2D eigenvalue weighted by atomic mass is 16.3. The van der Waals surface area contributed by atoms with Gasteiger partial charge in [0.05, 0.1) is 0 Å². The summed E-state index contributed by atoms with van der Waals surface area (Å²) in [6, 6.07) is 10.3. The Morgan fingerprint density at radius 2 is 2.05 bits per heavy atom. The van der Waals surface area contributed by atoms with Gasteiger partial charge in [-0.2, -0.15) is 0 Å². The van der Waals surface area contributed by atoms with E-state index in [1.165, 1.54) is 35.6 Å². The molecule has 1 N–H and O–H groups in total. The van der Waals surface area contributed by atoms with Crippen molar-refractivity contribution in [1.29, 1.82) is 0 Å². The van der Waals surface area contributed by atoms with Gasteiger partial charge in [0.2, 0.25) is 0 Å². The molecule has 1 saturated carbocycles. The van der Waals surface area contributed by atoms with Crippen LogP contribution in [0.2, 0.25) is 0 Å². The maximum Gasteiger partial charge on any atom is 0.116 e. The van der Waals surface area contributed by atoms with E-state index in [9.17, 15) is 5.11 Å². The second-order valence-electron chi connectivity index (χ2n) is 6.86. The Hall–Kier alpha value is -1.76. The zero-order chi connectivity index (χ0) is 14.6. The van der Waals surface area contributed by atoms with Crippen molar-refractivity contribution in [3.8, 4) is 5.75 Å². The van der Waals surface area contributed by atoms with E-state index in [0.717, 1.165) is 6.42 Å². The van der Waals surface area contributed by atoms with Crippen LogP contribution in [0.5, 0.6) is 5.75 Å². The van der Waals surface area contributed by atoms with E-state index < -0.39 is 0 Å². The third-order valence-electron chi connectivity index (χ3n) is 5.97. The van der Waals surface area contributed by atoms with Crippen LogP contribution in [0.25, 0.3) is 10.8 Å². The molecule has 0 saturated heterocycles. The quantitative estimate of drug-likeness (QED) is 0.646. The lowest BCUT2D eigenvalue weighted by Gasteiger charge is -2.39. The maximum absolute atomic E-state index is 9.68. The molecule has 4 rings (SSSR count). The minimum atomic E-state index is 0.361. The van der Waals surface area contributed by atoms with Crippen LogP contribution in [-0.4, -0.2) is 5.11 Å². The van der Waals surface area contributed by atoms with Crippen molar-refractivity contribution in [2.75, 3.05) is 0 Å². The van der Waals surface area contributed by atoms with Crippen LogP contribution < -0.4 is 0 Å². The molecule has 1 heteroatoms. The van der Waals surface area contributed by atoms with Crippen molar-refractivity contribution in [1.82, 2.24) is 0 Å². The van der Waals surface area contributed by atoms with E-state index in [-0.39, 0.29) is 0 Å². The highest BCUT2D eigenvalue weighted by Crippen LogP contribution is 2.58. The van der Waals surface area contributed by atoms with Gasteiger partial charge >= 0.3 is 0 Å². The van der Waals surface area contributed by atoms with Crippen molar-refractivity contribution < 1.29 is 5.11 Å². The van der Waals surface area contributed by atoms with Gasteiger partial charge in [-0.3, -0.25) is 0 Å². The average molecular weight is 278 g/mol. The summed E-state index contributed by atoms with van der Waals surface area (Å²) >= 11 is 0. The predicted octanol–water partition coefficient (Wildman–Crippen LogP) is 5.32. The van der Waals surface area contributed by atoms with Crippen molar-refractivity contribution in [2.24, 2.45) is 5.41 Å². The SMILES string of the molecule is CC=C1CCC2c3ccc4cc(O)ccc4c3CC[C@]12C. The highest BCUT2D eigenvalue weighted by Gasteiger charge is 2.45. The monoisotopic (exact) mass is 278 g/mol. The Morgan fingerprint density at radius 3 is 2.86 bits per heavy atom. The summed E-state index contributed by atoms with van der Waals surface area (Å²) in [6.45, 7) is 4.66. The van der Waals surface area contributed by atoms with Gasteiger partial charge in [0.1, 0.15) is 5.75 Å². The highest BCUT2D eigenvalue weighted by molar-refractivity contribution is 5.88. The number of hydrogen-bond donors (Lipinski definition) is 1. The summed E-state index contributed by atoms with van der Waals surface area (Å²) in [5.74, 6) is 1.03. The van der Waals surface area contributed by atoms with Crippen LogP contribution in [0.3, 0.4) is 0 Å². The summed E-state index contributed by atoms with van der Waals surface area (Å²) < 4.78 is 0. The number of phenolic OH excluding ortho intramolecular Hbond substituents is 1. The molecule has 2 aliphatic rings. The van der Waals surface area contributed by atoms with Gasteiger partial charge in [-0.25, -0.2) is 0 Å². The van der Waals surface area contributed by atoms with Gasteiger partial charge < -0.3 is 5.11 Å². The van der Waals surface area contributed by atoms with Crippen molar-refractivity contribution in [3.63, 3.8) is 0 Å². The van der Waals surface area contributed by atoms with Gasteiger partial charge in [0.15, 0.2) is 0 Å². The summed E-state index contributed by atoms with van der Waals surface area (Å²) in [4.78, 5) is 0. The lowest BCUT2D eigenvalue weighted by Crippen LogP contribution is -2.28. The minimum absolute atomic E-state index is 0.361. The van der Waals surface area contributed by atoms with Crippen LogP contribution in [0.1, 0.15) is 50.2 Å². The topological polar surface area (TPSA) is 20.2 Å². The molecule has 0 bridgehead atoms. The second-order valence-corrected chi connectivity index (χ2v) is 6.86. The molecule has 0 heterocycles. The Bertz CT molecular complexity index is 756. The van der Waals surface area contributed by atoms with Crippen LogP contribution in [0.4, 0.5) is 0 Å². The number of hydrogen-bond acceptors (Lipinski definition) is 1. The lowest BCUT2D eigenvalue weighted by atomic mass is 9.65. The maximum atomic E-state index is 9.68. The first-order valence-electron chi connectivity index (χ1n) is 8.03. The molecular weight excluding hydrogens is 256 g/mol. The van der Waals surface area contributed by atoms with E-state index in [4.69, 9.17) is 0 Å². The third-order valence-corrected chi connectivity index (χ3v) is 5.97. The summed E-state index contributed by atoms with van der Waals surface area (Å²) in [5.41, 5.74) is 5.10. The molecule has 1 unspecified atom stereocenters. The number of rotatable bonds is 0. The standard InChI is InChI=1S/C20H22O/c1-3-14-5-9-19-18-7-4-13-12-15(21)6-8-16(13)17(18)10-11-20(14,19)2/h3-4,6-8,12,19,21H,5,9-11H2,1-2H3/t19?,20-/m1/s1. The fraction of sp³-hybridized carbons (Fsp3) is 0.400. The van der Waals surface area contributed by atoms with Crippen LogP contribution in [0, 0.1) is 5.41 Å². The fourth-order valence-corrected chi connectivity index (χ4v) is 4.82. The molecular formula is C20H22O. The van der Waals surface area contributed by atoms with E-state index in [0.29, 0.717) is 17.1 Å². The number of aryl methyl sites for hydroxylation is 1. The van der Waals surface area contributed by atoms with Crippen LogP contribution in [-0.2, 0) is 6.42 Å². The second kappa shape index (κ2) is 4.37. The molecule has 21 heavy (non-hydrogen) atoms. The molecule has 0 amide bonds. The number of phenols is 1. The Labute approximate surface area is 126 Å². The van der Waals surface area contributed by atoms with Gasteiger partial charge in [-0.05, 0) is 78.0 Å². The van der Waals surface area contributed by atoms with Crippen molar-refractivity contribution in [3.05, 3.63) is 53.1 Å². The minimum Gasteiger partial charge on any atom is -0.508 e. The Kier molecular flexibility index (Phi) is 2.69. The Morgan fingerprint density at radius 1 is 1.19 bits per heavy atom. The zero-order valence-corrected chi connectivity index (χ0v) is 12.8. The normalized spacial score (nSPS) is 29.6. The summed E-state index contributed by atoms with van der Waals surface area (Å²) in [7, 11) is 0. The Balaban J connectivity index is 1.92. The summed E-state index contributed by atoms with van der Waals surface area (Å²) in [6.07, 6.45) is 7.30. The molecule has 2 aromatic rings. The zero-order valence-electron chi connectivity index (χ0n) is 12.8. The van der Waals surface area contributed by atoms with E-state index in [1.807, 2.05) is 12.1 Å². The van der Waals surface area contributed by atoms with Gasteiger partial charge in [0, 0.05) is 0 Å². The molecule has 0 aromatic heterocycles. The molecule has 0 radical (unpaired) electrons. The lowest BCUT2D eigenvalue weighted by molar-refractivity contribution is 0.307. The van der Waals surface area contributed by atoms with Crippen LogP contribution >= 0.6 is 0 Å². The first-order valence-corrected chi connectivity index (χ1v) is 8.03. The molecule has 0 spiro atoms. The third kappa shape index (κ3) is 1.70. The molecule has 0 aliphatic heterocycles. The number of allylic oxidation sites excluding steroid dienone is 2. The van der Waals surface area contributed by atoms with E-state index in [1.54, 1.807) is 11.1 Å². The van der Waals surface area contributed by atoms with Gasteiger partial charge in [0.25, 0.3) is 0 Å². The van der Waals surface area contributed by atoms with Crippen LogP contribution in [0.15, 0.2) is 42.0 Å². The van der Waals surface area contributed by atoms with E-state index >= 15 is 0 Å². The van der Waals surface area contributed by atoms with Crippen molar-refractivity contribution >= 4 is 10.8 Å². The van der Waals surface area contributed by atoms with E-state index in [2.05, 4.69) is 38.1 Å². The molecule has 1 fully saturated rings. The number of fused-ring (bicyclic) bond motifs is 5.